The zero-order valence-corrected chi connectivity index (χ0v) is 15.7. The fourth-order valence-electron chi connectivity index (χ4n) is 2.53. The molecular formula is C14H23ClN2O4S2. The maximum absolute atomic E-state index is 12.7. The van der Waals surface area contributed by atoms with Gasteiger partial charge in [0.1, 0.15) is 0 Å². The van der Waals surface area contributed by atoms with Crippen LogP contribution in [-0.2, 0) is 19.9 Å². The van der Waals surface area contributed by atoms with E-state index in [-0.39, 0.29) is 28.0 Å². The van der Waals surface area contributed by atoms with E-state index in [9.17, 15) is 16.8 Å². The molecule has 0 aromatic heterocycles. The van der Waals surface area contributed by atoms with Gasteiger partial charge in [-0.15, -0.1) is 12.4 Å². The number of halogens is 1. The summed E-state index contributed by atoms with van der Waals surface area (Å²) in [5.74, 6) is -0.0515. The molecule has 23 heavy (non-hydrogen) atoms. The number of nitrogens with one attached hydrogen (secondary N) is 1. The summed E-state index contributed by atoms with van der Waals surface area (Å²) < 4.78 is 50.6. The van der Waals surface area contributed by atoms with Crippen molar-refractivity contribution in [3.63, 3.8) is 0 Å². The van der Waals surface area contributed by atoms with Crippen LogP contribution in [0.1, 0.15) is 19.8 Å². The number of nitrogens with zero attached hydrogens (tertiary/aromatic N) is 1. The van der Waals surface area contributed by atoms with Crippen LogP contribution in [0.5, 0.6) is 0 Å². The second kappa shape index (κ2) is 7.94. The van der Waals surface area contributed by atoms with E-state index < -0.39 is 19.9 Å². The highest BCUT2D eigenvalue weighted by Crippen LogP contribution is 2.23. The van der Waals surface area contributed by atoms with Crippen LogP contribution in [0.4, 0.5) is 0 Å². The Kier molecular flexibility index (Phi) is 7.03. The van der Waals surface area contributed by atoms with E-state index in [0.717, 1.165) is 12.8 Å². The monoisotopic (exact) mass is 382 g/mol. The smallest absolute Gasteiger partial charge is 0.243 e. The standard InChI is InChI=1S/C14H22N2O4S2.ClH/c1-3-21(17,18)13-5-4-6-14(11-13)22(19,20)16-9-7-12(15-2)8-10-16;/h4-6,11-12,15H,3,7-10H2,1-2H3;1H. The molecule has 1 aromatic rings. The third-order valence-corrected chi connectivity index (χ3v) is 7.67. The van der Waals surface area contributed by atoms with Crippen LogP contribution in [-0.4, -0.2) is 53.1 Å². The van der Waals surface area contributed by atoms with Crippen LogP contribution in [0.2, 0.25) is 0 Å². The predicted octanol–water partition coefficient (Wildman–Crippen LogP) is 1.27. The lowest BCUT2D eigenvalue weighted by atomic mass is 10.1. The largest absolute Gasteiger partial charge is 0.317 e. The molecule has 0 saturated carbocycles. The Hall–Kier alpha value is -0.670. The zero-order chi connectivity index (χ0) is 16.4. The second-order valence-electron chi connectivity index (χ2n) is 5.35. The zero-order valence-electron chi connectivity index (χ0n) is 13.2. The van der Waals surface area contributed by atoms with Crippen molar-refractivity contribution < 1.29 is 16.8 Å². The number of sulfone groups is 1. The first-order valence-corrected chi connectivity index (χ1v) is 10.4. The van der Waals surface area contributed by atoms with E-state index in [1.54, 1.807) is 6.92 Å². The summed E-state index contributed by atoms with van der Waals surface area (Å²) in [6, 6.07) is 5.96. The Bertz CT molecular complexity index is 727. The molecule has 0 amide bonds. The number of hydrogen-bond acceptors (Lipinski definition) is 5. The van der Waals surface area contributed by atoms with Gasteiger partial charge in [-0.2, -0.15) is 4.31 Å². The van der Waals surface area contributed by atoms with Gasteiger partial charge in [-0.1, -0.05) is 13.0 Å². The van der Waals surface area contributed by atoms with E-state index in [2.05, 4.69) is 5.32 Å². The van der Waals surface area contributed by atoms with Crippen molar-refractivity contribution in [1.29, 1.82) is 0 Å². The van der Waals surface area contributed by atoms with Crippen molar-refractivity contribution in [3.05, 3.63) is 24.3 Å². The van der Waals surface area contributed by atoms with Crippen molar-refractivity contribution in [2.45, 2.75) is 35.6 Å². The summed E-state index contributed by atoms with van der Waals surface area (Å²) in [5.41, 5.74) is 0. The lowest BCUT2D eigenvalue weighted by Gasteiger charge is -2.31. The van der Waals surface area contributed by atoms with E-state index in [0.29, 0.717) is 19.1 Å². The van der Waals surface area contributed by atoms with Gasteiger partial charge in [0.25, 0.3) is 0 Å². The van der Waals surface area contributed by atoms with Gasteiger partial charge in [0.2, 0.25) is 10.0 Å². The fourth-order valence-corrected chi connectivity index (χ4v) is 5.05. The molecule has 1 fully saturated rings. The number of hydrogen-bond donors (Lipinski definition) is 1. The van der Waals surface area contributed by atoms with Crippen LogP contribution >= 0.6 is 12.4 Å². The van der Waals surface area contributed by atoms with Gasteiger partial charge < -0.3 is 5.32 Å². The highest BCUT2D eigenvalue weighted by Gasteiger charge is 2.29. The summed E-state index contributed by atoms with van der Waals surface area (Å²) in [4.78, 5) is 0.103. The number of rotatable bonds is 5. The summed E-state index contributed by atoms with van der Waals surface area (Å²) in [6.07, 6.45) is 1.51. The quantitative estimate of drug-likeness (QED) is 0.829. The number of sulfonamides is 1. The summed E-state index contributed by atoms with van der Waals surface area (Å²) >= 11 is 0. The van der Waals surface area contributed by atoms with Crippen molar-refractivity contribution >= 4 is 32.3 Å². The molecule has 0 bridgehead atoms. The summed E-state index contributed by atoms with van der Waals surface area (Å²) in [5, 5.41) is 3.15. The second-order valence-corrected chi connectivity index (χ2v) is 9.56. The average Bonchev–Trinajstić information content (AvgIpc) is 2.55. The van der Waals surface area contributed by atoms with E-state index in [1.807, 2.05) is 7.05 Å². The highest BCUT2D eigenvalue weighted by atomic mass is 35.5. The third-order valence-electron chi connectivity index (χ3n) is 4.04. The van der Waals surface area contributed by atoms with Crippen molar-refractivity contribution in [1.82, 2.24) is 9.62 Å². The molecule has 0 radical (unpaired) electrons. The molecule has 1 aliphatic heterocycles. The molecular weight excluding hydrogens is 360 g/mol. The van der Waals surface area contributed by atoms with Gasteiger partial charge in [-0.25, -0.2) is 16.8 Å². The van der Waals surface area contributed by atoms with Gasteiger partial charge in [0.15, 0.2) is 9.84 Å². The molecule has 9 heteroatoms. The fraction of sp³-hybridized carbons (Fsp3) is 0.571. The summed E-state index contributed by atoms with van der Waals surface area (Å²) in [6.45, 7) is 2.43. The van der Waals surface area contributed by atoms with Gasteiger partial charge in [-0.05, 0) is 38.1 Å². The minimum atomic E-state index is -3.64. The average molecular weight is 383 g/mol. The maximum Gasteiger partial charge on any atom is 0.243 e. The molecule has 0 spiro atoms. The SMILES string of the molecule is CCS(=O)(=O)c1cccc(S(=O)(=O)N2CCC(NC)CC2)c1.Cl. The molecule has 1 saturated heterocycles. The molecule has 0 aliphatic carbocycles. The Labute approximate surface area is 144 Å². The van der Waals surface area contributed by atoms with E-state index in [1.165, 1.54) is 28.6 Å². The van der Waals surface area contributed by atoms with Crippen LogP contribution in [0.15, 0.2) is 34.1 Å². The predicted molar refractivity (Wildman–Crippen MR) is 92.3 cm³/mol. The summed E-state index contributed by atoms with van der Waals surface area (Å²) in [7, 11) is -5.19. The van der Waals surface area contributed by atoms with Gasteiger partial charge in [0, 0.05) is 19.1 Å². The first-order valence-electron chi connectivity index (χ1n) is 7.31. The molecule has 0 unspecified atom stereocenters. The van der Waals surface area contributed by atoms with Gasteiger partial charge >= 0.3 is 0 Å². The normalized spacial score (nSPS) is 17.7. The molecule has 1 heterocycles. The molecule has 1 aromatic carbocycles. The van der Waals surface area contributed by atoms with Gasteiger partial charge in [-0.3, -0.25) is 0 Å². The maximum atomic E-state index is 12.7. The molecule has 132 valence electrons. The first kappa shape index (κ1) is 20.4. The highest BCUT2D eigenvalue weighted by molar-refractivity contribution is 7.91. The first-order chi connectivity index (χ1) is 10.3. The molecule has 2 rings (SSSR count). The van der Waals surface area contributed by atoms with Crippen LogP contribution < -0.4 is 5.32 Å². The minimum Gasteiger partial charge on any atom is -0.317 e. The Balaban J connectivity index is 0.00000264. The molecule has 6 nitrogen and oxygen atoms in total. The van der Waals surface area contributed by atoms with E-state index in [4.69, 9.17) is 0 Å². The topological polar surface area (TPSA) is 83.5 Å². The van der Waals surface area contributed by atoms with Crippen molar-refractivity contribution in [3.8, 4) is 0 Å². The minimum absolute atomic E-state index is 0. The van der Waals surface area contributed by atoms with Gasteiger partial charge in [0.05, 0.1) is 15.5 Å². The molecule has 1 N–H and O–H groups in total. The Morgan fingerprint density at radius 2 is 1.70 bits per heavy atom. The van der Waals surface area contributed by atoms with E-state index >= 15 is 0 Å². The van der Waals surface area contributed by atoms with Crippen molar-refractivity contribution in [2.24, 2.45) is 0 Å². The van der Waals surface area contributed by atoms with Crippen LogP contribution in [0.3, 0.4) is 0 Å². The van der Waals surface area contributed by atoms with Crippen molar-refractivity contribution in [2.75, 3.05) is 25.9 Å². The Morgan fingerprint density at radius 3 is 2.22 bits per heavy atom. The molecule has 1 aliphatic rings. The molecule has 0 atom stereocenters. The number of piperidine rings is 1. The third kappa shape index (κ3) is 4.45. The number of benzene rings is 1. The lowest BCUT2D eigenvalue weighted by Crippen LogP contribution is -2.43. The van der Waals surface area contributed by atoms with Crippen LogP contribution in [0.25, 0.3) is 0 Å². The van der Waals surface area contributed by atoms with Crippen LogP contribution in [0, 0.1) is 0 Å². The lowest BCUT2D eigenvalue weighted by molar-refractivity contribution is 0.298. The Morgan fingerprint density at radius 1 is 1.13 bits per heavy atom.